The normalized spacial score (nSPS) is 13.3. The fourth-order valence-electron chi connectivity index (χ4n) is 1.46. The molecule has 1 atom stereocenters. The number of unbranched alkanes of at least 4 members (excludes halogenated alkanes) is 1. The van der Waals surface area contributed by atoms with Crippen molar-refractivity contribution in [1.29, 1.82) is 0 Å². The molecule has 0 nitrogen and oxygen atoms in total. The van der Waals surface area contributed by atoms with Crippen LogP contribution in [0.5, 0.6) is 0 Å². The van der Waals surface area contributed by atoms with Crippen LogP contribution < -0.4 is 0 Å². The van der Waals surface area contributed by atoms with Gasteiger partial charge in [0.15, 0.2) is 0 Å². The van der Waals surface area contributed by atoms with E-state index in [0.717, 1.165) is 0 Å². The van der Waals surface area contributed by atoms with Crippen LogP contribution in [0.25, 0.3) is 6.08 Å². The Morgan fingerprint density at radius 1 is 1.21 bits per heavy atom. The SMILES string of the molecule is CCCC[C@@H](C)/C=C/c1ccccc1. The van der Waals surface area contributed by atoms with E-state index in [4.69, 9.17) is 0 Å². The second-order valence-corrected chi connectivity index (χ2v) is 3.89. The maximum Gasteiger partial charge on any atom is -0.0259 e. The maximum absolute atomic E-state index is 2.31. The third-order valence-electron chi connectivity index (χ3n) is 2.43. The lowest BCUT2D eigenvalue weighted by atomic mass is 10.0. The zero-order valence-corrected chi connectivity index (χ0v) is 9.24. The van der Waals surface area contributed by atoms with Gasteiger partial charge in [-0.25, -0.2) is 0 Å². The number of allylic oxidation sites excluding steroid dienone is 1. The Bertz CT molecular complexity index is 259. The Labute approximate surface area is 87.7 Å². The fourth-order valence-corrected chi connectivity index (χ4v) is 1.46. The molecule has 76 valence electrons. The van der Waals surface area contributed by atoms with Crippen LogP contribution in [-0.2, 0) is 0 Å². The van der Waals surface area contributed by atoms with E-state index in [1.165, 1.54) is 24.8 Å². The van der Waals surface area contributed by atoms with Gasteiger partial charge in [0.25, 0.3) is 0 Å². The summed E-state index contributed by atoms with van der Waals surface area (Å²) in [6.45, 7) is 4.53. The molecular weight excluding hydrogens is 168 g/mol. The van der Waals surface area contributed by atoms with Crippen LogP contribution in [-0.4, -0.2) is 0 Å². The molecule has 0 aromatic heterocycles. The molecule has 0 aliphatic heterocycles. The molecule has 0 radical (unpaired) electrons. The maximum atomic E-state index is 2.31. The minimum absolute atomic E-state index is 0.704. The van der Waals surface area contributed by atoms with Gasteiger partial charge in [0.1, 0.15) is 0 Å². The monoisotopic (exact) mass is 188 g/mol. The summed E-state index contributed by atoms with van der Waals surface area (Å²) in [5.74, 6) is 0.704. The Morgan fingerprint density at radius 2 is 1.93 bits per heavy atom. The van der Waals surface area contributed by atoms with Gasteiger partial charge in [-0.3, -0.25) is 0 Å². The van der Waals surface area contributed by atoms with Crippen molar-refractivity contribution in [2.45, 2.75) is 33.1 Å². The zero-order valence-electron chi connectivity index (χ0n) is 9.24. The summed E-state index contributed by atoms with van der Waals surface area (Å²) in [7, 11) is 0. The van der Waals surface area contributed by atoms with Crippen molar-refractivity contribution in [2.75, 3.05) is 0 Å². The highest BCUT2D eigenvalue weighted by molar-refractivity contribution is 5.48. The first kappa shape index (κ1) is 11.0. The van der Waals surface area contributed by atoms with E-state index in [2.05, 4.69) is 56.3 Å². The van der Waals surface area contributed by atoms with E-state index in [-0.39, 0.29) is 0 Å². The molecule has 1 aromatic rings. The highest BCUT2D eigenvalue weighted by Gasteiger charge is 1.94. The van der Waals surface area contributed by atoms with E-state index in [1.807, 2.05) is 0 Å². The second-order valence-electron chi connectivity index (χ2n) is 3.89. The summed E-state index contributed by atoms with van der Waals surface area (Å²) in [6.07, 6.45) is 8.47. The summed E-state index contributed by atoms with van der Waals surface area (Å²) in [5.41, 5.74) is 1.30. The van der Waals surface area contributed by atoms with Gasteiger partial charge in [-0.2, -0.15) is 0 Å². The van der Waals surface area contributed by atoms with Crippen molar-refractivity contribution in [1.82, 2.24) is 0 Å². The van der Waals surface area contributed by atoms with Crippen molar-refractivity contribution in [2.24, 2.45) is 5.92 Å². The third kappa shape index (κ3) is 4.27. The summed E-state index contributed by atoms with van der Waals surface area (Å²) in [6, 6.07) is 10.5. The standard InChI is InChI=1S/C14H20/c1-3-4-8-13(2)11-12-14-9-6-5-7-10-14/h5-7,9-13H,3-4,8H2,1-2H3/b12-11+/t13-/m1/s1. The van der Waals surface area contributed by atoms with Crippen molar-refractivity contribution < 1.29 is 0 Å². The van der Waals surface area contributed by atoms with Crippen molar-refractivity contribution >= 4 is 6.08 Å². The minimum Gasteiger partial charge on any atom is -0.0811 e. The fraction of sp³-hybridized carbons (Fsp3) is 0.429. The van der Waals surface area contributed by atoms with E-state index in [1.54, 1.807) is 0 Å². The first-order valence-corrected chi connectivity index (χ1v) is 5.56. The molecule has 0 amide bonds. The second kappa shape index (κ2) is 6.42. The molecule has 0 heteroatoms. The molecule has 0 aliphatic rings. The lowest BCUT2D eigenvalue weighted by Crippen LogP contribution is -1.88. The van der Waals surface area contributed by atoms with Gasteiger partial charge < -0.3 is 0 Å². The van der Waals surface area contributed by atoms with Crippen molar-refractivity contribution in [3.05, 3.63) is 42.0 Å². The van der Waals surface area contributed by atoms with E-state index >= 15 is 0 Å². The van der Waals surface area contributed by atoms with Gasteiger partial charge in [-0.05, 0) is 17.9 Å². The third-order valence-corrected chi connectivity index (χ3v) is 2.43. The molecule has 0 saturated heterocycles. The average molecular weight is 188 g/mol. The van der Waals surface area contributed by atoms with Crippen LogP contribution in [0.4, 0.5) is 0 Å². The quantitative estimate of drug-likeness (QED) is 0.637. The van der Waals surface area contributed by atoms with Crippen LogP contribution in [0, 0.1) is 5.92 Å². The van der Waals surface area contributed by atoms with E-state index in [0.29, 0.717) is 5.92 Å². The Hall–Kier alpha value is -1.04. The molecule has 14 heavy (non-hydrogen) atoms. The van der Waals surface area contributed by atoms with Crippen LogP contribution in [0.3, 0.4) is 0 Å². The molecule has 0 N–H and O–H groups in total. The summed E-state index contributed by atoms with van der Waals surface area (Å²) >= 11 is 0. The van der Waals surface area contributed by atoms with Gasteiger partial charge in [-0.15, -0.1) is 0 Å². The average Bonchev–Trinajstić information content (AvgIpc) is 2.25. The number of benzene rings is 1. The van der Waals surface area contributed by atoms with Crippen molar-refractivity contribution in [3.63, 3.8) is 0 Å². The van der Waals surface area contributed by atoms with E-state index < -0.39 is 0 Å². The molecule has 0 spiro atoms. The van der Waals surface area contributed by atoms with Gasteiger partial charge in [0.05, 0.1) is 0 Å². The summed E-state index contributed by atoms with van der Waals surface area (Å²) in [4.78, 5) is 0. The number of hydrogen-bond donors (Lipinski definition) is 0. The predicted molar refractivity (Wildman–Crippen MR) is 64.2 cm³/mol. The largest absolute Gasteiger partial charge is 0.0811 e. The predicted octanol–water partition coefficient (Wildman–Crippen LogP) is 4.53. The molecule has 0 aliphatic carbocycles. The van der Waals surface area contributed by atoms with Crippen LogP contribution in [0.15, 0.2) is 36.4 Å². The zero-order chi connectivity index (χ0) is 10.2. The minimum atomic E-state index is 0.704. The number of hydrogen-bond acceptors (Lipinski definition) is 0. The Kier molecular flexibility index (Phi) is 5.06. The topological polar surface area (TPSA) is 0 Å². The van der Waals surface area contributed by atoms with E-state index in [9.17, 15) is 0 Å². The van der Waals surface area contributed by atoms with Crippen LogP contribution in [0.1, 0.15) is 38.7 Å². The van der Waals surface area contributed by atoms with Crippen molar-refractivity contribution in [3.8, 4) is 0 Å². The smallest absolute Gasteiger partial charge is 0.0259 e. The molecule has 0 saturated carbocycles. The van der Waals surface area contributed by atoms with Gasteiger partial charge in [-0.1, -0.05) is 69.2 Å². The molecule has 0 heterocycles. The molecule has 1 rings (SSSR count). The summed E-state index contributed by atoms with van der Waals surface area (Å²) in [5, 5.41) is 0. The molecule has 0 unspecified atom stereocenters. The highest BCUT2D eigenvalue weighted by atomic mass is 14.0. The molecular formula is C14H20. The molecule has 0 bridgehead atoms. The lowest BCUT2D eigenvalue weighted by Gasteiger charge is -2.03. The number of rotatable bonds is 5. The molecule has 1 aromatic carbocycles. The Balaban J connectivity index is 2.39. The first-order chi connectivity index (χ1) is 6.83. The van der Waals surface area contributed by atoms with Crippen LogP contribution >= 0.6 is 0 Å². The van der Waals surface area contributed by atoms with Gasteiger partial charge >= 0.3 is 0 Å². The summed E-state index contributed by atoms with van der Waals surface area (Å²) < 4.78 is 0. The lowest BCUT2D eigenvalue weighted by molar-refractivity contribution is 0.600. The van der Waals surface area contributed by atoms with Gasteiger partial charge in [0.2, 0.25) is 0 Å². The highest BCUT2D eigenvalue weighted by Crippen LogP contribution is 2.11. The van der Waals surface area contributed by atoms with Gasteiger partial charge in [0, 0.05) is 0 Å². The Morgan fingerprint density at radius 3 is 2.57 bits per heavy atom. The molecule has 0 fully saturated rings. The van der Waals surface area contributed by atoms with Crippen LogP contribution in [0.2, 0.25) is 0 Å². The first-order valence-electron chi connectivity index (χ1n) is 5.56.